The first-order chi connectivity index (χ1) is 16.0. The number of fused-ring (bicyclic) bond motifs is 1. The predicted octanol–water partition coefficient (Wildman–Crippen LogP) is 6.76. The van der Waals surface area contributed by atoms with E-state index in [1.165, 1.54) is 68.0 Å². The third-order valence-electron chi connectivity index (χ3n) is 8.42. The van der Waals surface area contributed by atoms with Crippen LogP contribution in [-0.4, -0.2) is 37.3 Å². The number of rotatable bonds is 7. The van der Waals surface area contributed by atoms with Gasteiger partial charge in [-0.05, 0) is 96.7 Å². The van der Waals surface area contributed by atoms with Crippen molar-refractivity contribution < 1.29 is 14.5 Å². The Balaban J connectivity index is 1.13. The Bertz CT molecular complexity index is 924. The summed E-state index contributed by atoms with van der Waals surface area (Å²) < 4.78 is 6.35. The van der Waals surface area contributed by atoms with Crippen molar-refractivity contribution in [2.45, 2.75) is 84.0 Å². The minimum atomic E-state index is 0.294. The molecular weight excluding hydrogens is 410 g/mol. The average Bonchev–Trinajstić information content (AvgIpc) is 2.78. The number of benzene rings is 2. The van der Waals surface area contributed by atoms with Crippen molar-refractivity contribution in [3.8, 4) is 5.75 Å². The highest BCUT2D eigenvalue weighted by molar-refractivity contribution is 5.84. The van der Waals surface area contributed by atoms with E-state index in [0.717, 1.165) is 37.0 Å². The van der Waals surface area contributed by atoms with Crippen LogP contribution in [0.3, 0.4) is 0 Å². The molecule has 1 heterocycles. The zero-order valence-corrected chi connectivity index (χ0v) is 20.7. The molecule has 0 amide bonds. The lowest BCUT2D eigenvalue weighted by Gasteiger charge is -2.45. The molecule has 0 bridgehead atoms. The lowest BCUT2D eigenvalue weighted by atomic mass is 9.75. The summed E-state index contributed by atoms with van der Waals surface area (Å²) in [5.41, 5.74) is 1.89. The first-order valence-electron chi connectivity index (χ1n) is 13.1. The second-order valence-corrected chi connectivity index (χ2v) is 11.6. The van der Waals surface area contributed by atoms with E-state index in [1.54, 1.807) is 7.11 Å². The van der Waals surface area contributed by atoms with Crippen molar-refractivity contribution >= 4 is 10.8 Å². The van der Waals surface area contributed by atoms with Crippen LogP contribution in [-0.2, 0) is 16.3 Å². The fraction of sp³-hybridized carbons (Fsp3) is 0.655. The topological polar surface area (TPSA) is 30.9 Å². The van der Waals surface area contributed by atoms with Gasteiger partial charge >= 0.3 is 0 Å². The standard InChI is InChI=1S/C29H41NO3/c1-29(2)13-11-26(12-14-29)32-27-10-9-23-15-21(7-8-24(23)16-27)18-30-19-25(20-30)22-5-4-6-28(17-22)33-31-3/h7-10,15-16,22,25-26,28H,4-6,11-14,17-20H2,1-3H3. The van der Waals surface area contributed by atoms with Crippen molar-refractivity contribution in [2.75, 3.05) is 20.2 Å². The van der Waals surface area contributed by atoms with Gasteiger partial charge in [0.1, 0.15) is 5.75 Å². The van der Waals surface area contributed by atoms with Gasteiger partial charge in [-0.2, -0.15) is 0 Å². The quantitative estimate of drug-likeness (QED) is 0.344. The number of likely N-dealkylation sites (tertiary alicyclic amines) is 1. The molecule has 4 heteroatoms. The third-order valence-corrected chi connectivity index (χ3v) is 8.42. The van der Waals surface area contributed by atoms with Crippen LogP contribution in [0.5, 0.6) is 5.75 Å². The number of hydrogen-bond acceptors (Lipinski definition) is 4. The molecule has 3 fully saturated rings. The van der Waals surface area contributed by atoms with Crippen molar-refractivity contribution in [1.82, 2.24) is 4.90 Å². The van der Waals surface area contributed by atoms with E-state index in [2.05, 4.69) is 55.1 Å². The molecule has 2 unspecified atom stereocenters. The molecule has 2 aliphatic carbocycles. The van der Waals surface area contributed by atoms with Gasteiger partial charge in [0.2, 0.25) is 0 Å². The molecule has 1 aliphatic heterocycles. The fourth-order valence-electron chi connectivity index (χ4n) is 6.26. The van der Waals surface area contributed by atoms with Gasteiger partial charge in [0.05, 0.1) is 19.3 Å². The van der Waals surface area contributed by atoms with Gasteiger partial charge in [-0.25, -0.2) is 9.78 Å². The van der Waals surface area contributed by atoms with E-state index < -0.39 is 0 Å². The first kappa shape index (κ1) is 23.1. The Morgan fingerprint density at radius 3 is 2.42 bits per heavy atom. The van der Waals surface area contributed by atoms with Gasteiger partial charge in [-0.15, -0.1) is 0 Å². The Morgan fingerprint density at radius 2 is 1.64 bits per heavy atom. The highest BCUT2D eigenvalue weighted by Gasteiger charge is 2.36. The predicted molar refractivity (Wildman–Crippen MR) is 133 cm³/mol. The largest absolute Gasteiger partial charge is 0.490 e. The molecule has 0 N–H and O–H groups in total. The van der Waals surface area contributed by atoms with E-state index in [4.69, 9.17) is 14.5 Å². The summed E-state index contributed by atoms with van der Waals surface area (Å²) >= 11 is 0. The van der Waals surface area contributed by atoms with Gasteiger partial charge in [-0.3, -0.25) is 4.90 Å². The summed E-state index contributed by atoms with van der Waals surface area (Å²) in [6, 6.07) is 13.5. The Labute approximate surface area is 199 Å². The second-order valence-electron chi connectivity index (χ2n) is 11.6. The Hall–Kier alpha value is -1.62. The lowest BCUT2D eigenvalue weighted by Crippen LogP contribution is -2.50. The number of hydrogen-bond donors (Lipinski definition) is 0. The highest BCUT2D eigenvalue weighted by atomic mass is 17.2. The van der Waals surface area contributed by atoms with Gasteiger partial charge in [0, 0.05) is 19.6 Å². The molecule has 0 aromatic heterocycles. The molecule has 2 saturated carbocycles. The summed E-state index contributed by atoms with van der Waals surface area (Å²) in [7, 11) is 1.63. The van der Waals surface area contributed by atoms with Gasteiger partial charge < -0.3 is 4.74 Å². The molecule has 2 aromatic carbocycles. The van der Waals surface area contributed by atoms with E-state index in [0.29, 0.717) is 17.6 Å². The molecule has 1 saturated heterocycles. The van der Waals surface area contributed by atoms with E-state index in [9.17, 15) is 0 Å². The molecule has 4 nitrogen and oxygen atoms in total. The third kappa shape index (κ3) is 5.72. The van der Waals surface area contributed by atoms with Crippen molar-refractivity contribution in [3.05, 3.63) is 42.0 Å². The molecule has 2 atom stereocenters. The lowest BCUT2D eigenvalue weighted by molar-refractivity contribution is -0.312. The maximum absolute atomic E-state index is 6.35. The highest BCUT2D eigenvalue weighted by Crippen LogP contribution is 2.38. The van der Waals surface area contributed by atoms with Gasteiger partial charge in [0.25, 0.3) is 0 Å². The monoisotopic (exact) mass is 451 g/mol. The maximum Gasteiger partial charge on any atom is 0.120 e. The van der Waals surface area contributed by atoms with Crippen LogP contribution in [0.1, 0.15) is 70.8 Å². The molecule has 0 radical (unpaired) electrons. The summed E-state index contributed by atoms with van der Waals surface area (Å²) in [5, 5.41) is 2.59. The van der Waals surface area contributed by atoms with Crippen LogP contribution in [0.2, 0.25) is 0 Å². The molecule has 5 rings (SSSR count). The van der Waals surface area contributed by atoms with Crippen LogP contribution in [0.25, 0.3) is 10.8 Å². The van der Waals surface area contributed by atoms with Crippen molar-refractivity contribution in [3.63, 3.8) is 0 Å². The maximum atomic E-state index is 6.35. The molecular formula is C29H41NO3. The zero-order valence-electron chi connectivity index (χ0n) is 20.7. The molecule has 180 valence electrons. The average molecular weight is 452 g/mol. The Kier molecular flexibility index (Phi) is 6.96. The fourth-order valence-corrected chi connectivity index (χ4v) is 6.26. The molecule has 3 aliphatic rings. The van der Waals surface area contributed by atoms with Crippen LogP contribution in [0, 0.1) is 17.3 Å². The molecule has 0 spiro atoms. The smallest absolute Gasteiger partial charge is 0.120 e. The minimum Gasteiger partial charge on any atom is -0.490 e. The van der Waals surface area contributed by atoms with E-state index in [1.807, 2.05) is 0 Å². The summed E-state index contributed by atoms with van der Waals surface area (Å²) in [6.45, 7) is 8.23. The van der Waals surface area contributed by atoms with Crippen molar-refractivity contribution in [2.24, 2.45) is 17.3 Å². The van der Waals surface area contributed by atoms with E-state index in [-0.39, 0.29) is 0 Å². The zero-order chi connectivity index (χ0) is 22.8. The summed E-state index contributed by atoms with van der Waals surface area (Å²) in [4.78, 5) is 13.0. The SMILES string of the molecule is COOC1CCCC(C2CN(Cc3ccc4cc(OC5CCC(C)(C)CC5)ccc4c3)C2)C1. The molecule has 2 aromatic rings. The number of nitrogens with zero attached hydrogens (tertiary/aromatic N) is 1. The van der Waals surface area contributed by atoms with Crippen LogP contribution in [0.4, 0.5) is 0 Å². The summed E-state index contributed by atoms with van der Waals surface area (Å²) in [6.07, 6.45) is 10.4. The van der Waals surface area contributed by atoms with Gasteiger partial charge in [-0.1, -0.05) is 38.5 Å². The molecule has 33 heavy (non-hydrogen) atoms. The van der Waals surface area contributed by atoms with Gasteiger partial charge in [0.15, 0.2) is 0 Å². The van der Waals surface area contributed by atoms with Crippen LogP contribution < -0.4 is 4.74 Å². The second kappa shape index (κ2) is 9.93. The Morgan fingerprint density at radius 1 is 0.879 bits per heavy atom. The van der Waals surface area contributed by atoms with Crippen LogP contribution >= 0.6 is 0 Å². The number of ether oxygens (including phenoxy) is 1. The first-order valence-corrected chi connectivity index (χ1v) is 13.1. The van der Waals surface area contributed by atoms with E-state index >= 15 is 0 Å². The van der Waals surface area contributed by atoms with Crippen molar-refractivity contribution in [1.29, 1.82) is 0 Å². The summed E-state index contributed by atoms with van der Waals surface area (Å²) in [5.74, 6) is 2.63. The normalized spacial score (nSPS) is 26.9. The van der Waals surface area contributed by atoms with Crippen LogP contribution in [0.15, 0.2) is 36.4 Å². The minimum absolute atomic E-state index is 0.294.